The summed E-state index contributed by atoms with van der Waals surface area (Å²) < 4.78 is 18.7. The summed E-state index contributed by atoms with van der Waals surface area (Å²) in [7, 11) is 1.22. The summed E-state index contributed by atoms with van der Waals surface area (Å²) >= 11 is 9.25. The van der Waals surface area contributed by atoms with Crippen LogP contribution in [0.3, 0.4) is 0 Å². The lowest BCUT2D eigenvalue weighted by atomic mass is 10.2. The molecule has 1 aromatic heterocycles. The van der Waals surface area contributed by atoms with Crippen molar-refractivity contribution in [3.8, 4) is 0 Å². The van der Waals surface area contributed by atoms with Crippen molar-refractivity contribution in [3.63, 3.8) is 0 Å². The Labute approximate surface area is 110 Å². The standard InChI is InChI=1S/C11H6BrClFNO2/c1-17-11(16)8-4-6(13)9-5(12)2-3-7(14)10(9)15-8/h2-4H,1H3. The molecule has 88 valence electrons. The van der Waals surface area contributed by atoms with Crippen LogP contribution in [0.1, 0.15) is 10.5 Å². The zero-order valence-electron chi connectivity index (χ0n) is 8.63. The van der Waals surface area contributed by atoms with E-state index in [0.29, 0.717) is 9.86 Å². The Morgan fingerprint density at radius 1 is 1.53 bits per heavy atom. The summed E-state index contributed by atoms with van der Waals surface area (Å²) in [6.45, 7) is 0. The quantitative estimate of drug-likeness (QED) is 0.755. The van der Waals surface area contributed by atoms with E-state index in [2.05, 4.69) is 25.7 Å². The molecule has 0 unspecified atom stereocenters. The van der Waals surface area contributed by atoms with Crippen LogP contribution in [0, 0.1) is 5.82 Å². The first-order valence-corrected chi connectivity index (χ1v) is 5.74. The maximum absolute atomic E-state index is 13.6. The van der Waals surface area contributed by atoms with Gasteiger partial charge in [0, 0.05) is 9.86 Å². The number of rotatable bonds is 1. The Kier molecular flexibility index (Phi) is 3.31. The summed E-state index contributed by atoms with van der Waals surface area (Å²) in [6, 6.07) is 4.12. The van der Waals surface area contributed by atoms with Gasteiger partial charge in [0.1, 0.15) is 11.3 Å². The van der Waals surface area contributed by atoms with Gasteiger partial charge in [0.25, 0.3) is 0 Å². The van der Waals surface area contributed by atoms with Crippen molar-refractivity contribution in [1.29, 1.82) is 0 Å². The van der Waals surface area contributed by atoms with Gasteiger partial charge in [-0.25, -0.2) is 14.2 Å². The molecule has 17 heavy (non-hydrogen) atoms. The van der Waals surface area contributed by atoms with E-state index >= 15 is 0 Å². The average Bonchev–Trinajstić information content (AvgIpc) is 2.32. The molecule has 6 heteroatoms. The van der Waals surface area contributed by atoms with Gasteiger partial charge < -0.3 is 4.74 Å². The summed E-state index contributed by atoms with van der Waals surface area (Å²) in [6.07, 6.45) is 0. The van der Waals surface area contributed by atoms with Crippen molar-refractivity contribution in [2.45, 2.75) is 0 Å². The minimum Gasteiger partial charge on any atom is -0.464 e. The number of aromatic nitrogens is 1. The van der Waals surface area contributed by atoms with Crippen molar-refractivity contribution in [2.24, 2.45) is 0 Å². The zero-order valence-corrected chi connectivity index (χ0v) is 11.0. The van der Waals surface area contributed by atoms with Crippen LogP contribution in [0.25, 0.3) is 10.9 Å². The van der Waals surface area contributed by atoms with Gasteiger partial charge in [-0.3, -0.25) is 0 Å². The van der Waals surface area contributed by atoms with E-state index in [-0.39, 0.29) is 16.2 Å². The van der Waals surface area contributed by atoms with Crippen LogP contribution >= 0.6 is 27.5 Å². The van der Waals surface area contributed by atoms with Gasteiger partial charge in [-0.1, -0.05) is 27.5 Å². The molecule has 2 aromatic rings. The van der Waals surface area contributed by atoms with Crippen molar-refractivity contribution in [2.75, 3.05) is 7.11 Å². The number of carbonyl (C=O) groups is 1. The molecule has 0 aliphatic heterocycles. The van der Waals surface area contributed by atoms with E-state index in [9.17, 15) is 9.18 Å². The Bertz CT molecular complexity index is 618. The molecule has 0 amide bonds. The predicted molar refractivity (Wildman–Crippen MR) is 65.8 cm³/mol. The number of hydrogen-bond donors (Lipinski definition) is 0. The first-order chi connectivity index (χ1) is 8.04. The first kappa shape index (κ1) is 12.3. The summed E-state index contributed by atoms with van der Waals surface area (Å²) in [5, 5.41) is 0.668. The van der Waals surface area contributed by atoms with Gasteiger partial charge >= 0.3 is 5.97 Å². The third kappa shape index (κ3) is 2.12. The molecule has 0 spiro atoms. The highest BCUT2D eigenvalue weighted by Gasteiger charge is 2.15. The second kappa shape index (κ2) is 4.58. The highest BCUT2D eigenvalue weighted by atomic mass is 79.9. The van der Waals surface area contributed by atoms with Crippen molar-refractivity contribution >= 4 is 44.4 Å². The number of hydrogen-bond acceptors (Lipinski definition) is 3. The van der Waals surface area contributed by atoms with E-state index in [0.717, 1.165) is 0 Å². The molecule has 0 N–H and O–H groups in total. The molecule has 0 bridgehead atoms. The molecule has 0 saturated heterocycles. The highest BCUT2D eigenvalue weighted by molar-refractivity contribution is 9.10. The zero-order chi connectivity index (χ0) is 12.6. The molecule has 0 aliphatic rings. The third-order valence-electron chi connectivity index (χ3n) is 2.21. The molecular weight excluding hydrogens is 312 g/mol. The molecule has 1 heterocycles. The molecule has 2 rings (SSSR count). The molecule has 0 fully saturated rings. The summed E-state index contributed by atoms with van der Waals surface area (Å²) in [5.41, 5.74) is 0.00859. The number of carbonyl (C=O) groups excluding carboxylic acids is 1. The van der Waals surface area contributed by atoms with Crippen LogP contribution in [0.5, 0.6) is 0 Å². The van der Waals surface area contributed by atoms with Crippen LogP contribution in [-0.2, 0) is 4.74 Å². The number of benzene rings is 1. The van der Waals surface area contributed by atoms with Crippen LogP contribution < -0.4 is 0 Å². The molecule has 1 aromatic carbocycles. The minimum atomic E-state index is -0.659. The largest absolute Gasteiger partial charge is 0.464 e. The lowest BCUT2D eigenvalue weighted by Crippen LogP contribution is -2.05. The normalized spacial score (nSPS) is 10.6. The Morgan fingerprint density at radius 2 is 2.24 bits per heavy atom. The van der Waals surface area contributed by atoms with Crippen molar-refractivity contribution in [3.05, 3.63) is 39.2 Å². The number of esters is 1. The van der Waals surface area contributed by atoms with Crippen LogP contribution in [0.2, 0.25) is 5.02 Å². The average molecular weight is 319 g/mol. The highest BCUT2D eigenvalue weighted by Crippen LogP contribution is 2.31. The number of halogens is 3. The van der Waals surface area contributed by atoms with E-state index in [1.807, 2.05) is 0 Å². The summed E-state index contributed by atoms with van der Waals surface area (Å²) in [4.78, 5) is 15.2. The van der Waals surface area contributed by atoms with Crippen molar-refractivity contribution < 1.29 is 13.9 Å². The molecule has 0 saturated carbocycles. The molecule has 0 atom stereocenters. The Hall–Kier alpha value is -1.20. The Morgan fingerprint density at radius 3 is 2.88 bits per heavy atom. The van der Waals surface area contributed by atoms with Gasteiger partial charge in [0.05, 0.1) is 12.1 Å². The van der Waals surface area contributed by atoms with E-state index in [1.54, 1.807) is 0 Å². The van der Waals surface area contributed by atoms with Gasteiger partial charge in [0.15, 0.2) is 5.69 Å². The number of fused-ring (bicyclic) bond motifs is 1. The topological polar surface area (TPSA) is 39.2 Å². The van der Waals surface area contributed by atoms with Gasteiger partial charge in [-0.15, -0.1) is 0 Å². The lowest BCUT2D eigenvalue weighted by Gasteiger charge is -2.06. The van der Waals surface area contributed by atoms with Crippen LogP contribution in [-0.4, -0.2) is 18.1 Å². The maximum atomic E-state index is 13.6. The third-order valence-corrected chi connectivity index (χ3v) is 3.17. The van der Waals surface area contributed by atoms with E-state index < -0.39 is 11.8 Å². The second-order valence-corrected chi connectivity index (χ2v) is 4.50. The fourth-order valence-electron chi connectivity index (χ4n) is 1.43. The smallest absolute Gasteiger partial charge is 0.356 e. The molecule has 3 nitrogen and oxygen atoms in total. The predicted octanol–water partition coefficient (Wildman–Crippen LogP) is 3.58. The maximum Gasteiger partial charge on any atom is 0.356 e. The minimum absolute atomic E-state index is 0.0259. The monoisotopic (exact) mass is 317 g/mol. The van der Waals surface area contributed by atoms with E-state index in [4.69, 9.17) is 11.6 Å². The molecule has 0 aliphatic carbocycles. The van der Waals surface area contributed by atoms with Crippen LogP contribution in [0.4, 0.5) is 4.39 Å². The van der Waals surface area contributed by atoms with Gasteiger partial charge in [-0.05, 0) is 18.2 Å². The number of ether oxygens (including phenoxy) is 1. The first-order valence-electron chi connectivity index (χ1n) is 4.57. The number of methoxy groups -OCH3 is 1. The Balaban J connectivity index is 2.82. The second-order valence-electron chi connectivity index (χ2n) is 3.23. The summed E-state index contributed by atoms with van der Waals surface area (Å²) in [5.74, 6) is -1.20. The van der Waals surface area contributed by atoms with Crippen molar-refractivity contribution in [1.82, 2.24) is 4.98 Å². The van der Waals surface area contributed by atoms with Gasteiger partial charge in [0.2, 0.25) is 0 Å². The fourth-order valence-corrected chi connectivity index (χ4v) is 2.37. The molecule has 0 radical (unpaired) electrons. The van der Waals surface area contributed by atoms with Gasteiger partial charge in [-0.2, -0.15) is 0 Å². The lowest BCUT2D eigenvalue weighted by molar-refractivity contribution is 0.0594. The van der Waals surface area contributed by atoms with Crippen LogP contribution in [0.15, 0.2) is 22.7 Å². The fraction of sp³-hybridized carbons (Fsp3) is 0.0909. The number of nitrogens with zero attached hydrogens (tertiary/aromatic N) is 1. The number of pyridine rings is 1. The van der Waals surface area contributed by atoms with E-state index in [1.165, 1.54) is 25.3 Å². The SMILES string of the molecule is COC(=O)c1cc(Cl)c2c(Br)ccc(F)c2n1. The molecular formula is C11H6BrClFNO2.